The van der Waals surface area contributed by atoms with Gasteiger partial charge in [-0.3, -0.25) is 4.99 Å². The van der Waals surface area contributed by atoms with Crippen molar-refractivity contribution < 1.29 is 0 Å². The summed E-state index contributed by atoms with van der Waals surface area (Å²) < 4.78 is 0. The van der Waals surface area contributed by atoms with Gasteiger partial charge in [-0.05, 0) is 17.7 Å². The molecule has 2 heterocycles. The molecule has 0 atom stereocenters. The quantitative estimate of drug-likeness (QED) is 0.817. The van der Waals surface area contributed by atoms with Crippen LogP contribution < -0.4 is 5.32 Å². The van der Waals surface area contributed by atoms with Gasteiger partial charge in [0.1, 0.15) is 0 Å². The Morgan fingerprint density at radius 2 is 1.94 bits per heavy atom. The van der Waals surface area contributed by atoms with E-state index in [2.05, 4.69) is 58.9 Å². The molecule has 2 nitrogen and oxygen atoms in total. The van der Waals surface area contributed by atoms with E-state index in [1.165, 1.54) is 16.8 Å². The van der Waals surface area contributed by atoms with Crippen LogP contribution in [-0.2, 0) is 0 Å². The summed E-state index contributed by atoms with van der Waals surface area (Å²) in [5, 5.41) is 3.39. The molecular weight excluding hydrogens is 208 g/mol. The van der Waals surface area contributed by atoms with Crippen molar-refractivity contribution in [3.05, 3.63) is 65.9 Å². The molecule has 0 aromatic heterocycles. The summed E-state index contributed by atoms with van der Waals surface area (Å²) >= 11 is 0. The first-order chi connectivity index (χ1) is 8.45. The zero-order valence-electron chi connectivity index (χ0n) is 9.56. The molecule has 0 radical (unpaired) electrons. The van der Waals surface area contributed by atoms with Crippen LogP contribution in [0.3, 0.4) is 0 Å². The van der Waals surface area contributed by atoms with E-state index < -0.39 is 0 Å². The minimum atomic E-state index is 0.794. The van der Waals surface area contributed by atoms with Crippen molar-refractivity contribution in [3.8, 4) is 0 Å². The van der Waals surface area contributed by atoms with Crippen molar-refractivity contribution >= 4 is 11.3 Å². The van der Waals surface area contributed by atoms with E-state index in [1.807, 2.05) is 6.07 Å². The Morgan fingerprint density at radius 1 is 1.06 bits per heavy atom. The van der Waals surface area contributed by atoms with Crippen LogP contribution in [0.4, 0.5) is 0 Å². The highest BCUT2D eigenvalue weighted by molar-refractivity contribution is 6.30. The van der Waals surface area contributed by atoms with Gasteiger partial charge in [-0.2, -0.15) is 0 Å². The Bertz CT molecular complexity index is 533. The smallest absolute Gasteiger partial charge is 0.0674 e. The van der Waals surface area contributed by atoms with Crippen LogP contribution in [0.1, 0.15) is 5.56 Å². The van der Waals surface area contributed by atoms with Crippen LogP contribution >= 0.6 is 0 Å². The number of rotatable bonds is 2. The molecule has 2 aliphatic rings. The zero-order chi connectivity index (χ0) is 11.5. The minimum absolute atomic E-state index is 0.794. The number of aliphatic imine (C=N–C) groups is 1. The molecule has 1 aromatic rings. The van der Waals surface area contributed by atoms with Crippen LogP contribution in [0.2, 0.25) is 0 Å². The first kappa shape index (κ1) is 10.1. The third-order valence-corrected chi connectivity index (χ3v) is 2.93. The highest BCUT2D eigenvalue weighted by atomic mass is 14.9. The second kappa shape index (κ2) is 4.42. The van der Waals surface area contributed by atoms with E-state index in [0.29, 0.717) is 0 Å². The van der Waals surface area contributed by atoms with Crippen molar-refractivity contribution in [2.45, 2.75) is 0 Å². The lowest BCUT2D eigenvalue weighted by Gasteiger charge is -2.11. The first-order valence-electron chi connectivity index (χ1n) is 5.86. The molecule has 2 aliphatic heterocycles. The SMILES string of the molecule is C1=CC(/C(=C2/C=CCN2)c2ccccc2)=NC1. The molecule has 0 saturated carbocycles. The minimum Gasteiger partial charge on any atom is -0.381 e. The van der Waals surface area contributed by atoms with Gasteiger partial charge in [-0.25, -0.2) is 0 Å². The summed E-state index contributed by atoms with van der Waals surface area (Å²) in [6.07, 6.45) is 8.47. The van der Waals surface area contributed by atoms with E-state index in [-0.39, 0.29) is 0 Å². The average molecular weight is 222 g/mol. The van der Waals surface area contributed by atoms with Gasteiger partial charge in [-0.1, -0.05) is 42.5 Å². The fourth-order valence-corrected chi connectivity index (χ4v) is 2.15. The molecule has 0 bridgehead atoms. The highest BCUT2D eigenvalue weighted by Crippen LogP contribution is 2.23. The number of hydrogen-bond donors (Lipinski definition) is 1. The molecule has 17 heavy (non-hydrogen) atoms. The molecule has 84 valence electrons. The Labute approximate surface area is 101 Å². The Morgan fingerprint density at radius 3 is 2.59 bits per heavy atom. The summed E-state index contributed by atoms with van der Waals surface area (Å²) in [6.45, 7) is 1.70. The van der Waals surface area contributed by atoms with Crippen molar-refractivity contribution in [1.82, 2.24) is 5.32 Å². The van der Waals surface area contributed by atoms with Crippen LogP contribution in [0.25, 0.3) is 5.57 Å². The second-order valence-electron chi connectivity index (χ2n) is 4.07. The first-order valence-corrected chi connectivity index (χ1v) is 5.86. The summed E-state index contributed by atoms with van der Waals surface area (Å²) in [5.41, 5.74) is 4.66. The third-order valence-electron chi connectivity index (χ3n) is 2.93. The van der Waals surface area contributed by atoms with E-state index in [9.17, 15) is 0 Å². The maximum atomic E-state index is 4.53. The van der Waals surface area contributed by atoms with Crippen LogP contribution in [0, 0.1) is 0 Å². The average Bonchev–Trinajstić information content (AvgIpc) is 3.04. The topological polar surface area (TPSA) is 24.4 Å². The molecule has 0 spiro atoms. The van der Waals surface area contributed by atoms with Gasteiger partial charge < -0.3 is 5.32 Å². The predicted molar refractivity (Wildman–Crippen MR) is 71.9 cm³/mol. The van der Waals surface area contributed by atoms with Crippen molar-refractivity contribution in [3.63, 3.8) is 0 Å². The Balaban J connectivity index is 2.12. The Hall–Kier alpha value is -2.09. The molecule has 0 aliphatic carbocycles. The number of nitrogens with one attached hydrogen (secondary N) is 1. The highest BCUT2D eigenvalue weighted by Gasteiger charge is 2.15. The van der Waals surface area contributed by atoms with Crippen LogP contribution in [-0.4, -0.2) is 18.8 Å². The molecule has 0 fully saturated rings. The lowest BCUT2D eigenvalue weighted by Crippen LogP contribution is -2.11. The maximum Gasteiger partial charge on any atom is 0.0674 e. The number of benzene rings is 1. The van der Waals surface area contributed by atoms with Gasteiger partial charge >= 0.3 is 0 Å². The van der Waals surface area contributed by atoms with Gasteiger partial charge in [0.25, 0.3) is 0 Å². The fourth-order valence-electron chi connectivity index (χ4n) is 2.15. The lowest BCUT2D eigenvalue weighted by atomic mass is 9.99. The maximum absolute atomic E-state index is 4.53. The van der Waals surface area contributed by atoms with Gasteiger partial charge in [-0.15, -0.1) is 0 Å². The summed E-state index contributed by atoms with van der Waals surface area (Å²) in [5.74, 6) is 0. The van der Waals surface area contributed by atoms with Crippen molar-refractivity contribution in [2.75, 3.05) is 13.1 Å². The van der Waals surface area contributed by atoms with Crippen LogP contribution in [0.15, 0.2) is 65.3 Å². The van der Waals surface area contributed by atoms with Crippen molar-refractivity contribution in [2.24, 2.45) is 4.99 Å². The molecule has 0 saturated heterocycles. The van der Waals surface area contributed by atoms with E-state index in [4.69, 9.17) is 0 Å². The van der Waals surface area contributed by atoms with Gasteiger partial charge in [0.15, 0.2) is 0 Å². The number of nitrogens with zero attached hydrogens (tertiary/aromatic N) is 1. The Kier molecular flexibility index (Phi) is 2.62. The van der Waals surface area contributed by atoms with Gasteiger partial charge in [0, 0.05) is 17.8 Å². The summed E-state index contributed by atoms with van der Waals surface area (Å²) in [7, 11) is 0. The molecule has 3 rings (SSSR count). The fraction of sp³-hybridized carbons (Fsp3) is 0.133. The van der Waals surface area contributed by atoms with Gasteiger partial charge in [0.05, 0.1) is 12.3 Å². The van der Waals surface area contributed by atoms with Gasteiger partial charge in [0.2, 0.25) is 0 Å². The normalized spacial score (nSPS) is 20.4. The molecule has 0 amide bonds. The number of allylic oxidation sites excluding steroid dienone is 3. The summed E-state index contributed by atoms with van der Waals surface area (Å²) in [4.78, 5) is 4.53. The molecule has 2 heteroatoms. The second-order valence-corrected chi connectivity index (χ2v) is 4.07. The van der Waals surface area contributed by atoms with E-state index >= 15 is 0 Å². The van der Waals surface area contributed by atoms with E-state index in [1.54, 1.807) is 0 Å². The van der Waals surface area contributed by atoms with Crippen molar-refractivity contribution in [1.29, 1.82) is 0 Å². The predicted octanol–water partition coefficient (Wildman–Crippen LogP) is 2.57. The molecular formula is C15H14N2. The van der Waals surface area contributed by atoms with E-state index in [0.717, 1.165) is 18.8 Å². The monoisotopic (exact) mass is 222 g/mol. The molecule has 0 unspecified atom stereocenters. The zero-order valence-corrected chi connectivity index (χ0v) is 9.56. The number of hydrogen-bond acceptors (Lipinski definition) is 2. The molecule has 1 N–H and O–H groups in total. The standard InChI is InChI=1S/C15H14N2/c1-2-6-12(7-3-1)15(13-8-4-10-16-13)14-9-5-11-17-14/h1-9,16H,10-11H2/b15-13-. The summed E-state index contributed by atoms with van der Waals surface area (Å²) in [6, 6.07) is 10.4. The largest absolute Gasteiger partial charge is 0.381 e. The molecule has 1 aromatic carbocycles. The lowest BCUT2D eigenvalue weighted by molar-refractivity contribution is 0.986. The third kappa shape index (κ3) is 1.94. The van der Waals surface area contributed by atoms with Crippen LogP contribution in [0.5, 0.6) is 0 Å².